The molecule has 1 aromatic heterocycles. The van der Waals surface area contributed by atoms with E-state index >= 15 is 0 Å². The summed E-state index contributed by atoms with van der Waals surface area (Å²) in [5.74, 6) is -2.95. The highest BCUT2D eigenvalue weighted by Crippen LogP contribution is 2.47. The van der Waals surface area contributed by atoms with Crippen LogP contribution in [0.4, 0.5) is 5.69 Å². The number of nitro benzene ring substituents is 1. The van der Waals surface area contributed by atoms with Crippen LogP contribution in [-0.2, 0) is 16.4 Å². The first-order chi connectivity index (χ1) is 15.3. The molecule has 0 spiro atoms. The fraction of sp³-hybridized carbons (Fsp3) is 0.0952. The Hall–Kier alpha value is -3.96. The number of ether oxygens (including phenoxy) is 1. The molecule has 1 aliphatic rings. The van der Waals surface area contributed by atoms with Gasteiger partial charge in [-0.3, -0.25) is 14.9 Å². The predicted molar refractivity (Wildman–Crippen MR) is 111 cm³/mol. The normalized spacial score (nSPS) is 15.7. The van der Waals surface area contributed by atoms with Crippen LogP contribution in [0.1, 0.15) is 23.0 Å². The number of hydrogen-bond donors (Lipinski definition) is 2. The van der Waals surface area contributed by atoms with E-state index in [9.17, 15) is 28.4 Å². The lowest BCUT2D eigenvalue weighted by atomic mass is 9.92. The largest absolute Gasteiger partial charge is 0.458 e. The molecule has 1 unspecified atom stereocenters. The summed E-state index contributed by atoms with van der Waals surface area (Å²) in [7, 11) is -4.34. The van der Waals surface area contributed by atoms with Gasteiger partial charge < -0.3 is 20.0 Å². The Morgan fingerprint density at radius 1 is 1.09 bits per heavy atom. The van der Waals surface area contributed by atoms with Crippen molar-refractivity contribution in [3.8, 4) is 5.75 Å². The van der Waals surface area contributed by atoms with Crippen LogP contribution in [0.2, 0.25) is 0 Å². The van der Waals surface area contributed by atoms with Gasteiger partial charge in [-0.15, -0.1) is 0 Å². The van der Waals surface area contributed by atoms with Gasteiger partial charge in [0.25, 0.3) is 5.69 Å². The zero-order valence-electron chi connectivity index (χ0n) is 16.3. The SMILES string of the molecule is NC1=C(S(=O)(=O)c2ccccc2)C(c2ccccc2[N+](=O)[O-])c2oc(CO)cc(=O)c2O1. The number of fused-ring (bicyclic) bond motifs is 1. The first-order valence-electron chi connectivity index (χ1n) is 9.24. The maximum Gasteiger partial charge on any atom is 0.273 e. The number of aliphatic hydroxyl groups is 1. The minimum absolute atomic E-state index is 0.0715. The van der Waals surface area contributed by atoms with Gasteiger partial charge in [0.1, 0.15) is 17.3 Å². The standard InChI is InChI=1S/C21H16N2O8S/c22-21-20(32(28,29)13-6-2-1-3-7-13)17(14-8-4-5-9-15(14)23(26)27)19-18(31-21)16(25)10-12(11-24)30-19/h1-10,17,24H,11,22H2. The molecular formula is C21H16N2O8S. The van der Waals surface area contributed by atoms with Gasteiger partial charge in [0.05, 0.1) is 15.7 Å². The van der Waals surface area contributed by atoms with Gasteiger partial charge in [-0.25, -0.2) is 8.42 Å². The second-order valence-corrected chi connectivity index (χ2v) is 8.74. The van der Waals surface area contributed by atoms with Crippen molar-refractivity contribution >= 4 is 15.5 Å². The van der Waals surface area contributed by atoms with Crippen LogP contribution in [-0.4, -0.2) is 18.4 Å². The van der Waals surface area contributed by atoms with Gasteiger partial charge in [0.2, 0.25) is 26.9 Å². The Morgan fingerprint density at radius 3 is 2.41 bits per heavy atom. The second-order valence-electron chi connectivity index (χ2n) is 6.82. The van der Waals surface area contributed by atoms with Crippen LogP contribution < -0.4 is 15.9 Å². The topological polar surface area (TPSA) is 163 Å². The first-order valence-corrected chi connectivity index (χ1v) is 10.7. The number of nitrogens with two attached hydrogens (primary N) is 1. The summed E-state index contributed by atoms with van der Waals surface area (Å²) < 4.78 is 38.1. The molecule has 0 fully saturated rings. The number of allylic oxidation sites excluding steroid dienone is 1. The number of nitrogens with zero attached hydrogens (tertiary/aromatic N) is 1. The third kappa shape index (κ3) is 3.43. The Kier molecular flexibility index (Phi) is 5.28. The van der Waals surface area contributed by atoms with Crippen molar-refractivity contribution in [2.24, 2.45) is 5.73 Å². The number of rotatable bonds is 5. The fourth-order valence-electron chi connectivity index (χ4n) is 3.53. The number of sulfone groups is 1. The lowest BCUT2D eigenvalue weighted by Gasteiger charge is -2.27. The van der Waals surface area contributed by atoms with Crippen LogP contribution >= 0.6 is 0 Å². The monoisotopic (exact) mass is 456 g/mol. The van der Waals surface area contributed by atoms with Crippen molar-refractivity contribution in [3.63, 3.8) is 0 Å². The molecular weight excluding hydrogens is 440 g/mol. The summed E-state index contributed by atoms with van der Waals surface area (Å²) in [4.78, 5) is 23.0. The molecule has 11 heteroatoms. The molecule has 10 nitrogen and oxygen atoms in total. The number of hydrogen-bond acceptors (Lipinski definition) is 9. The molecule has 3 N–H and O–H groups in total. The summed E-state index contributed by atoms with van der Waals surface area (Å²) >= 11 is 0. The fourth-order valence-corrected chi connectivity index (χ4v) is 5.16. The molecule has 1 atom stereocenters. The summed E-state index contributed by atoms with van der Waals surface area (Å²) in [5.41, 5.74) is 4.79. The van der Waals surface area contributed by atoms with Crippen LogP contribution in [0.25, 0.3) is 0 Å². The maximum atomic E-state index is 13.6. The highest BCUT2D eigenvalue weighted by atomic mass is 32.2. The first kappa shape index (κ1) is 21.3. The van der Waals surface area contributed by atoms with Gasteiger partial charge in [0, 0.05) is 17.7 Å². The van der Waals surface area contributed by atoms with Crippen LogP contribution in [0, 0.1) is 10.1 Å². The molecule has 0 radical (unpaired) electrons. The van der Waals surface area contributed by atoms with Gasteiger partial charge in [-0.1, -0.05) is 36.4 Å². The van der Waals surface area contributed by atoms with E-state index in [0.717, 1.165) is 6.07 Å². The second kappa shape index (κ2) is 7.94. The molecule has 0 bridgehead atoms. The molecule has 0 saturated carbocycles. The number of aliphatic hydroxyl groups excluding tert-OH is 1. The molecule has 4 rings (SSSR count). The van der Waals surface area contributed by atoms with E-state index in [4.69, 9.17) is 14.9 Å². The van der Waals surface area contributed by atoms with Crippen molar-refractivity contribution in [1.29, 1.82) is 0 Å². The molecule has 0 aliphatic carbocycles. The number of benzene rings is 2. The lowest BCUT2D eigenvalue weighted by Crippen LogP contribution is -2.29. The average molecular weight is 456 g/mol. The molecule has 2 aromatic carbocycles. The third-order valence-electron chi connectivity index (χ3n) is 4.90. The Bertz CT molecular complexity index is 1410. The van der Waals surface area contributed by atoms with E-state index in [2.05, 4.69) is 0 Å². The summed E-state index contributed by atoms with van der Waals surface area (Å²) in [6.45, 7) is -0.661. The van der Waals surface area contributed by atoms with E-state index in [0.29, 0.717) is 0 Å². The number of para-hydroxylation sites is 1. The molecule has 2 heterocycles. The summed E-state index contributed by atoms with van der Waals surface area (Å²) in [5, 5.41) is 21.2. The maximum absolute atomic E-state index is 13.6. The van der Waals surface area contributed by atoms with E-state index in [1.807, 2.05) is 0 Å². The van der Waals surface area contributed by atoms with Gasteiger partial charge in [0.15, 0.2) is 5.76 Å². The smallest absolute Gasteiger partial charge is 0.273 e. The van der Waals surface area contributed by atoms with Gasteiger partial charge >= 0.3 is 0 Å². The highest BCUT2D eigenvalue weighted by molar-refractivity contribution is 7.95. The van der Waals surface area contributed by atoms with Crippen molar-refractivity contribution in [3.05, 3.63) is 109 Å². The number of nitro groups is 1. The van der Waals surface area contributed by atoms with E-state index < -0.39 is 54.9 Å². The molecule has 164 valence electrons. The van der Waals surface area contributed by atoms with Crippen LogP contribution in [0.3, 0.4) is 0 Å². The third-order valence-corrected chi connectivity index (χ3v) is 6.81. The van der Waals surface area contributed by atoms with E-state index in [1.54, 1.807) is 6.07 Å². The lowest BCUT2D eigenvalue weighted by molar-refractivity contribution is -0.385. The van der Waals surface area contributed by atoms with Crippen molar-refractivity contribution in [2.75, 3.05) is 0 Å². The minimum atomic E-state index is -4.34. The minimum Gasteiger partial charge on any atom is -0.458 e. The highest BCUT2D eigenvalue weighted by Gasteiger charge is 2.44. The molecule has 3 aromatic rings. The predicted octanol–water partition coefficient (Wildman–Crippen LogP) is 2.17. The van der Waals surface area contributed by atoms with Gasteiger partial charge in [-0.05, 0) is 12.1 Å². The van der Waals surface area contributed by atoms with E-state index in [-0.39, 0.29) is 22.0 Å². The molecule has 0 saturated heterocycles. The van der Waals surface area contributed by atoms with Crippen LogP contribution in [0.15, 0.2) is 85.6 Å². The zero-order valence-corrected chi connectivity index (χ0v) is 17.1. The Morgan fingerprint density at radius 2 is 1.75 bits per heavy atom. The molecule has 32 heavy (non-hydrogen) atoms. The van der Waals surface area contributed by atoms with Crippen molar-refractivity contribution < 1.29 is 27.6 Å². The summed E-state index contributed by atoms with van der Waals surface area (Å²) in [6, 6.07) is 13.7. The van der Waals surface area contributed by atoms with Crippen molar-refractivity contribution in [1.82, 2.24) is 0 Å². The van der Waals surface area contributed by atoms with E-state index in [1.165, 1.54) is 48.5 Å². The summed E-state index contributed by atoms with van der Waals surface area (Å²) in [6.07, 6.45) is 0. The van der Waals surface area contributed by atoms with Gasteiger partial charge in [-0.2, -0.15) is 0 Å². The quantitative estimate of drug-likeness (QED) is 0.432. The Balaban J connectivity index is 2.09. The van der Waals surface area contributed by atoms with Crippen LogP contribution in [0.5, 0.6) is 5.75 Å². The zero-order chi connectivity index (χ0) is 23.0. The van der Waals surface area contributed by atoms with Crippen molar-refractivity contribution in [2.45, 2.75) is 17.4 Å². The Labute approximate surface area is 181 Å². The molecule has 0 amide bonds. The average Bonchev–Trinajstić information content (AvgIpc) is 2.79. The molecule has 1 aliphatic heterocycles.